The molecule has 0 spiro atoms. The van der Waals surface area contributed by atoms with E-state index in [1.807, 2.05) is 25.1 Å². The van der Waals surface area contributed by atoms with Crippen LogP contribution in [0.2, 0.25) is 0 Å². The molecule has 3 aromatic rings. The van der Waals surface area contributed by atoms with Gasteiger partial charge in [-0.2, -0.15) is 0 Å². The lowest BCUT2D eigenvalue weighted by molar-refractivity contribution is -0.384. The number of anilines is 1. The van der Waals surface area contributed by atoms with Crippen LogP contribution in [0.3, 0.4) is 0 Å². The van der Waals surface area contributed by atoms with E-state index in [4.69, 9.17) is 9.47 Å². The van der Waals surface area contributed by atoms with E-state index in [1.165, 1.54) is 41.3 Å². The van der Waals surface area contributed by atoms with E-state index in [0.29, 0.717) is 17.9 Å². The lowest BCUT2D eigenvalue weighted by Crippen LogP contribution is -2.38. The van der Waals surface area contributed by atoms with Gasteiger partial charge in [0.1, 0.15) is 12.4 Å². The topological polar surface area (TPSA) is 119 Å². The molecule has 0 atom stereocenters. The summed E-state index contributed by atoms with van der Waals surface area (Å²) in [5.41, 5.74) is 1.69. The summed E-state index contributed by atoms with van der Waals surface area (Å²) >= 11 is 0. The van der Waals surface area contributed by atoms with Crippen LogP contribution in [0.15, 0.2) is 76.5 Å². The van der Waals surface area contributed by atoms with Gasteiger partial charge in [-0.25, -0.2) is 8.42 Å². The van der Waals surface area contributed by atoms with Crippen molar-refractivity contribution in [3.05, 3.63) is 88.0 Å². The molecule has 0 aliphatic carbocycles. The Bertz CT molecular complexity index is 1400. The number of nitro groups is 1. The number of aryl methyl sites for hydroxylation is 1. The number of hydrogen-bond acceptors (Lipinski definition) is 8. The van der Waals surface area contributed by atoms with Crippen LogP contribution in [0, 0.1) is 17.0 Å². The minimum atomic E-state index is -3.89. The maximum atomic E-state index is 13.1. The lowest BCUT2D eigenvalue weighted by atomic mass is 10.1. The number of rotatable bonds is 9. The molecule has 1 amide bonds. The van der Waals surface area contributed by atoms with Crippen molar-refractivity contribution in [2.24, 2.45) is 0 Å². The number of carbonyl (C=O) groups is 1. The van der Waals surface area contributed by atoms with Gasteiger partial charge in [-0.05, 0) is 67.1 Å². The van der Waals surface area contributed by atoms with Crippen molar-refractivity contribution in [1.82, 2.24) is 4.90 Å². The highest BCUT2D eigenvalue weighted by molar-refractivity contribution is 7.91. The van der Waals surface area contributed by atoms with Crippen LogP contribution in [-0.2, 0) is 14.6 Å². The fourth-order valence-electron chi connectivity index (χ4n) is 4.08. The maximum absolute atomic E-state index is 13.1. The molecule has 1 saturated heterocycles. The zero-order valence-electron chi connectivity index (χ0n) is 21.2. The second-order valence-corrected chi connectivity index (χ2v) is 10.8. The molecule has 1 fully saturated rings. The molecule has 0 bridgehead atoms. The number of morpholine rings is 1. The Balaban J connectivity index is 1.40. The van der Waals surface area contributed by atoms with Crippen LogP contribution in [-0.4, -0.2) is 70.7 Å². The summed E-state index contributed by atoms with van der Waals surface area (Å²) in [6.45, 7) is 6.59. The van der Waals surface area contributed by atoms with E-state index >= 15 is 0 Å². The van der Waals surface area contributed by atoms with E-state index in [1.54, 1.807) is 7.05 Å². The normalized spacial score (nSPS) is 14.2. The summed E-state index contributed by atoms with van der Waals surface area (Å²) < 4.78 is 37.1. The quantitative estimate of drug-likeness (QED) is 0.298. The third-order valence-corrected chi connectivity index (χ3v) is 8.17. The minimum Gasteiger partial charge on any atom is -0.492 e. The molecule has 0 saturated carbocycles. The van der Waals surface area contributed by atoms with Crippen LogP contribution in [0.25, 0.3) is 0 Å². The largest absolute Gasteiger partial charge is 0.492 e. The number of non-ortho nitro benzene ring substituents is 1. The molecular weight excluding hydrogens is 510 g/mol. The van der Waals surface area contributed by atoms with Gasteiger partial charge in [0.25, 0.3) is 11.6 Å². The van der Waals surface area contributed by atoms with E-state index in [-0.39, 0.29) is 21.4 Å². The van der Waals surface area contributed by atoms with E-state index < -0.39 is 14.8 Å². The number of nitrogens with zero attached hydrogens (tertiary/aromatic N) is 3. The predicted octanol–water partition coefficient (Wildman–Crippen LogP) is 3.72. The van der Waals surface area contributed by atoms with Crippen molar-refractivity contribution in [2.75, 3.05) is 51.4 Å². The number of hydrogen-bond donors (Lipinski definition) is 0. The van der Waals surface area contributed by atoms with Gasteiger partial charge in [0.2, 0.25) is 9.84 Å². The van der Waals surface area contributed by atoms with Crippen LogP contribution >= 0.6 is 0 Å². The standard InChI is InChI=1S/C27H29N3O7S/c1-20-19-23(7-12-26(20)37-18-15-29-13-16-36-17-14-29)28(2)27(31)21-3-8-24(9-4-21)38(34,35)25-10-5-22(6-11-25)30(32)33/h3-12,19H,13-18H2,1-2H3. The Morgan fingerprint density at radius 2 is 1.63 bits per heavy atom. The Labute approximate surface area is 221 Å². The SMILES string of the molecule is Cc1cc(N(C)C(=O)c2ccc(S(=O)(=O)c3ccc([N+](=O)[O-])cc3)cc2)ccc1OCCN1CCOCC1. The van der Waals surface area contributed by atoms with Crippen molar-refractivity contribution in [2.45, 2.75) is 16.7 Å². The molecule has 0 aromatic heterocycles. The number of carbonyl (C=O) groups excluding carboxylic acids is 1. The average molecular weight is 540 g/mol. The van der Waals surface area contributed by atoms with Crippen LogP contribution in [0.1, 0.15) is 15.9 Å². The fraction of sp³-hybridized carbons (Fsp3) is 0.296. The molecule has 1 aliphatic heterocycles. The highest BCUT2D eigenvalue weighted by Crippen LogP contribution is 2.27. The van der Waals surface area contributed by atoms with Gasteiger partial charge in [0, 0.05) is 50.1 Å². The summed E-state index contributed by atoms with van der Waals surface area (Å²) in [6, 6.07) is 15.8. The Morgan fingerprint density at radius 1 is 1.03 bits per heavy atom. The zero-order chi connectivity index (χ0) is 27.3. The third kappa shape index (κ3) is 6.18. The third-order valence-electron chi connectivity index (χ3n) is 6.39. The Morgan fingerprint density at radius 3 is 2.21 bits per heavy atom. The van der Waals surface area contributed by atoms with Crippen LogP contribution in [0.4, 0.5) is 11.4 Å². The summed E-state index contributed by atoms with van der Waals surface area (Å²) in [6.07, 6.45) is 0. The van der Waals surface area contributed by atoms with Crippen molar-refractivity contribution in [1.29, 1.82) is 0 Å². The second-order valence-electron chi connectivity index (χ2n) is 8.90. The smallest absolute Gasteiger partial charge is 0.269 e. The van der Waals surface area contributed by atoms with Crippen LogP contribution < -0.4 is 9.64 Å². The molecule has 0 N–H and O–H groups in total. The Kier molecular flexibility index (Phi) is 8.40. The summed E-state index contributed by atoms with van der Waals surface area (Å²) in [5.74, 6) is 0.452. The van der Waals surface area contributed by atoms with Gasteiger partial charge >= 0.3 is 0 Å². The van der Waals surface area contributed by atoms with Gasteiger partial charge in [0.05, 0.1) is 27.9 Å². The molecule has 4 rings (SSSR count). The zero-order valence-corrected chi connectivity index (χ0v) is 22.0. The lowest BCUT2D eigenvalue weighted by Gasteiger charge is -2.26. The van der Waals surface area contributed by atoms with Crippen molar-refractivity contribution >= 4 is 27.1 Å². The molecule has 38 heavy (non-hydrogen) atoms. The molecule has 10 nitrogen and oxygen atoms in total. The van der Waals surface area contributed by atoms with Crippen molar-refractivity contribution < 1.29 is 27.6 Å². The van der Waals surface area contributed by atoms with Crippen LogP contribution in [0.5, 0.6) is 5.75 Å². The van der Waals surface area contributed by atoms with E-state index in [0.717, 1.165) is 56.3 Å². The first-order chi connectivity index (χ1) is 18.2. The molecule has 11 heteroatoms. The van der Waals surface area contributed by atoms with E-state index in [9.17, 15) is 23.3 Å². The van der Waals surface area contributed by atoms with Crippen molar-refractivity contribution in [3.8, 4) is 5.75 Å². The minimum absolute atomic E-state index is 0.0139. The summed E-state index contributed by atoms with van der Waals surface area (Å²) in [5, 5.41) is 10.8. The second kappa shape index (κ2) is 11.7. The fourth-order valence-corrected chi connectivity index (χ4v) is 5.35. The number of nitro benzene ring substituents is 1. The first kappa shape index (κ1) is 27.2. The van der Waals surface area contributed by atoms with Gasteiger partial charge in [-0.3, -0.25) is 19.8 Å². The molecular formula is C27H29N3O7S. The highest BCUT2D eigenvalue weighted by Gasteiger charge is 2.21. The first-order valence-electron chi connectivity index (χ1n) is 12.1. The van der Waals surface area contributed by atoms with Gasteiger partial charge in [-0.15, -0.1) is 0 Å². The molecule has 1 heterocycles. The van der Waals surface area contributed by atoms with Crippen molar-refractivity contribution in [3.63, 3.8) is 0 Å². The first-order valence-corrected chi connectivity index (χ1v) is 13.6. The Hall–Kier alpha value is -3.80. The average Bonchev–Trinajstić information content (AvgIpc) is 2.93. The number of sulfone groups is 1. The molecule has 0 radical (unpaired) electrons. The summed E-state index contributed by atoms with van der Waals surface area (Å²) in [7, 11) is -2.24. The van der Waals surface area contributed by atoms with Gasteiger partial charge in [0.15, 0.2) is 0 Å². The number of benzene rings is 3. The molecule has 200 valence electrons. The van der Waals surface area contributed by atoms with Gasteiger partial charge in [-0.1, -0.05) is 0 Å². The molecule has 3 aromatic carbocycles. The monoisotopic (exact) mass is 539 g/mol. The highest BCUT2D eigenvalue weighted by atomic mass is 32.2. The molecule has 1 aliphatic rings. The van der Waals surface area contributed by atoms with Gasteiger partial charge < -0.3 is 14.4 Å². The predicted molar refractivity (Wildman–Crippen MR) is 142 cm³/mol. The number of amides is 1. The maximum Gasteiger partial charge on any atom is 0.269 e. The summed E-state index contributed by atoms with van der Waals surface area (Å²) in [4.78, 5) is 27.0. The number of ether oxygens (including phenoxy) is 2. The molecule has 0 unspecified atom stereocenters. The van der Waals surface area contributed by atoms with E-state index in [2.05, 4.69) is 4.90 Å².